The van der Waals surface area contributed by atoms with Gasteiger partial charge < -0.3 is 15.1 Å². The lowest BCUT2D eigenvalue weighted by Crippen LogP contribution is -2.44. The maximum Gasteiger partial charge on any atom is 0.245 e. The van der Waals surface area contributed by atoms with Gasteiger partial charge in [-0.25, -0.2) is 4.98 Å². The first-order valence-corrected chi connectivity index (χ1v) is 11.5. The van der Waals surface area contributed by atoms with Crippen molar-refractivity contribution in [2.45, 2.75) is 47.0 Å². The Hall–Kier alpha value is -2.25. The predicted molar refractivity (Wildman–Crippen MR) is 124 cm³/mol. The van der Waals surface area contributed by atoms with E-state index in [2.05, 4.69) is 29.0 Å². The van der Waals surface area contributed by atoms with Crippen LogP contribution in [-0.2, 0) is 9.59 Å². The number of amides is 2. The molecule has 0 aliphatic heterocycles. The fourth-order valence-electron chi connectivity index (χ4n) is 3.39. The van der Waals surface area contributed by atoms with Crippen LogP contribution in [0.4, 0.5) is 5.13 Å². The highest BCUT2D eigenvalue weighted by molar-refractivity contribution is 7.15. The van der Waals surface area contributed by atoms with E-state index in [-0.39, 0.29) is 24.3 Å². The van der Waals surface area contributed by atoms with Crippen LogP contribution in [0.25, 0.3) is 0 Å². The molecule has 0 spiro atoms. The second-order valence-corrected chi connectivity index (χ2v) is 8.57. The molecule has 0 bridgehead atoms. The van der Waals surface area contributed by atoms with E-state index in [9.17, 15) is 9.59 Å². The lowest BCUT2D eigenvalue weighted by molar-refractivity contribution is -0.136. The molecule has 1 N–H and O–H groups in total. The minimum atomic E-state index is -0.250. The summed E-state index contributed by atoms with van der Waals surface area (Å²) in [6.45, 7) is 13.3. The molecule has 0 saturated heterocycles. The van der Waals surface area contributed by atoms with Crippen molar-refractivity contribution in [1.29, 1.82) is 0 Å². The largest absolute Gasteiger partial charge is 0.332 e. The zero-order valence-corrected chi connectivity index (χ0v) is 19.6. The first kappa shape index (κ1) is 24.0. The topological polar surface area (TPSA) is 65.5 Å². The third kappa shape index (κ3) is 6.64. The molecular weight excluding hydrogens is 396 g/mol. The van der Waals surface area contributed by atoms with Gasteiger partial charge in [-0.15, -0.1) is 11.3 Å². The van der Waals surface area contributed by atoms with E-state index >= 15 is 0 Å². The van der Waals surface area contributed by atoms with Crippen molar-refractivity contribution >= 4 is 28.3 Å². The predicted octanol–water partition coefficient (Wildman–Crippen LogP) is 4.06. The minimum absolute atomic E-state index is 0.00231. The van der Waals surface area contributed by atoms with Gasteiger partial charge in [0.2, 0.25) is 11.8 Å². The minimum Gasteiger partial charge on any atom is -0.332 e. The van der Waals surface area contributed by atoms with Gasteiger partial charge in [-0.3, -0.25) is 9.59 Å². The first-order valence-electron chi connectivity index (χ1n) is 10.7. The maximum atomic E-state index is 13.4. The van der Waals surface area contributed by atoms with Crippen molar-refractivity contribution in [3.05, 3.63) is 46.5 Å². The van der Waals surface area contributed by atoms with Gasteiger partial charge in [0.05, 0.1) is 18.2 Å². The Bertz CT molecular complexity index is 798. The molecule has 30 heavy (non-hydrogen) atoms. The molecule has 1 aromatic heterocycles. The molecule has 6 nitrogen and oxygen atoms in total. The summed E-state index contributed by atoms with van der Waals surface area (Å²) in [6, 6.07) is 9.81. The maximum absolute atomic E-state index is 13.4. The number of carbonyl (C=O) groups excluding carboxylic acids is 2. The summed E-state index contributed by atoms with van der Waals surface area (Å²) in [5, 5.41) is 3.45. The van der Waals surface area contributed by atoms with Crippen molar-refractivity contribution in [3.8, 4) is 0 Å². The van der Waals surface area contributed by atoms with Crippen LogP contribution >= 0.6 is 11.3 Å². The Morgan fingerprint density at radius 3 is 2.27 bits per heavy atom. The Labute approximate surface area is 184 Å². The van der Waals surface area contributed by atoms with E-state index in [0.717, 1.165) is 35.8 Å². The average Bonchev–Trinajstić information content (AvgIpc) is 3.05. The van der Waals surface area contributed by atoms with Crippen LogP contribution in [0, 0.1) is 13.8 Å². The number of aryl methyl sites for hydroxylation is 2. The van der Waals surface area contributed by atoms with E-state index in [4.69, 9.17) is 0 Å². The highest BCUT2D eigenvalue weighted by Gasteiger charge is 2.26. The molecule has 2 rings (SSSR count). The average molecular weight is 431 g/mol. The second kappa shape index (κ2) is 11.8. The smallest absolute Gasteiger partial charge is 0.245 e. The van der Waals surface area contributed by atoms with Gasteiger partial charge >= 0.3 is 0 Å². The highest BCUT2D eigenvalue weighted by atomic mass is 32.1. The van der Waals surface area contributed by atoms with Crippen LogP contribution in [0.2, 0.25) is 0 Å². The number of nitrogens with zero attached hydrogens (tertiary/aromatic N) is 3. The molecule has 1 unspecified atom stereocenters. The fourth-order valence-corrected chi connectivity index (χ4v) is 4.22. The van der Waals surface area contributed by atoms with Crippen LogP contribution in [0.1, 0.15) is 49.2 Å². The molecule has 0 saturated carbocycles. The molecular formula is C23H34N4O2S. The Morgan fingerprint density at radius 1 is 1.07 bits per heavy atom. The van der Waals surface area contributed by atoms with E-state index in [1.807, 2.05) is 51.1 Å². The zero-order valence-electron chi connectivity index (χ0n) is 18.8. The number of anilines is 1. The Balaban J connectivity index is 2.15. The molecule has 0 fully saturated rings. The summed E-state index contributed by atoms with van der Waals surface area (Å²) >= 11 is 1.46. The summed E-state index contributed by atoms with van der Waals surface area (Å²) in [5.41, 5.74) is 1.91. The second-order valence-electron chi connectivity index (χ2n) is 7.37. The molecule has 1 aromatic carbocycles. The molecule has 0 aliphatic carbocycles. The number of aromatic nitrogens is 1. The van der Waals surface area contributed by atoms with Gasteiger partial charge in [-0.2, -0.15) is 0 Å². The van der Waals surface area contributed by atoms with E-state index in [0.29, 0.717) is 18.1 Å². The van der Waals surface area contributed by atoms with Gasteiger partial charge in [0.25, 0.3) is 0 Å². The molecule has 0 radical (unpaired) electrons. The van der Waals surface area contributed by atoms with Crippen LogP contribution in [-0.4, -0.2) is 59.3 Å². The first-order chi connectivity index (χ1) is 14.4. The van der Waals surface area contributed by atoms with Crippen molar-refractivity contribution < 1.29 is 9.59 Å². The number of carbonyl (C=O) groups is 2. The monoisotopic (exact) mass is 430 g/mol. The van der Waals surface area contributed by atoms with Gasteiger partial charge in [0, 0.05) is 18.0 Å². The lowest BCUT2D eigenvalue weighted by Gasteiger charge is -2.29. The number of benzene rings is 1. The fraction of sp³-hybridized carbons (Fsp3) is 0.522. The number of hydrogen-bond acceptors (Lipinski definition) is 5. The lowest BCUT2D eigenvalue weighted by atomic mass is 9.95. The van der Waals surface area contributed by atoms with Gasteiger partial charge in [0.15, 0.2) is 5.13 Å². The third-order valence-corrected chi connectivity index (χ3v) is 6.40. The van der Waals surface area contributed by atoms with E-state index in [1.165, 1.54) is 11.3 Å². The summed E-state index contributed by atoms with van der Waals surface area (Å²) in [4.78, 5) is 35.6. The quantitative estimate of drug-likeness (QED) is 0.584. The van der Waals surface area contributed by atoms with Crippen molar-refractivity contribution in [2.75, 3.05) is 38.0 Å². The zero-order chi connectivity index (χ0) is 22.1. The number of nitrogens with one attached hydrogen (secondary N) is 1. The molecule has 2 amide bonds. The van der Waals surface area contributed by atoms with Gasteiger partial charge in [-0.05, 0) is 38.9 Å². The molecule has 0 aliphatic rings. The Morgan fingerprint density at radius 2 is 1.73 bits per heavy atom. The molecule has 1 heterocycles. The summed E-state index contributed by atoms with van der Waals surface area (Å²) in [5.74, 6) is -0.461. The molecule has 1 atom stereocenters. The van der Waals surface area contributed by atoms with Crippen LogP contribution in [0.15, 0.2) is 30.3 Å². The molecule has 2 aromatic rings. The van der Waals surface area contributed by atoms with E-state index in [1.54, 1.807) is 4.90 Å². The SMILES string of the molecule is CCC(C(=O)N(CCN(CC)CC)CC(=O)Nc1nc(C)c(C)s1)c1ccccc1. The molecule has 7 heteroatoms. The normalized spacial score (nSPS) is 12.1. The number of likely N-dealkylation sites (N-methyl/N-ethyl adjacent to an activating group) is 1. The number of hydrogen-bond donors (Lipinski definition) is 1. The van der Waals surface area contributed by atoms with Crippen LogP contribution in [0.3, 0.4) is 0 Å². The summed E-state index contributed by atoms with van der Waals surface area (Å²) < 4.78 is 0. The van der Waals surface area contributed by atoms with Gasteiger partial charge in [-0.1, -0.05) is 51.1 Å². The van der Waals surface area contributed by atoms with Gasteiger partial charge in [0.1, 0.15) is 0 Å². The standard InChI is InChI=1S/C23H34N4O2S/c1-6-20(19-12-10-9-11-13-19)22(29)27(15-14-26(7-2)8-3)16-21(28)25-23-24-17(4)18(5)30-23/h9-13,20H,6-8,14-16H2,1-5H3,(H,24,25,28). The van der Waals surface area contributed by atoms with Crippen LogP contribution < -0.4 is 5.32 Å². The summed E-state index contributed by atoms with van der Waals surface area (Å²) in [6.07, 6.45) is 0.692. The van der Waals surface area contributed by atoms with E-state index < -0.39 is 0 Å². The number of thiazole rings is 1. The summed E-state index contributed by atoms with van der Waals surface area (Å²) in [7, 11) is 0. The van der Waals surface area contributed by atoms with Crippen molar-refractivity contribution in [2.24, 2.45) is 0 Å². The molecule has 164 valence electrons. The highest BCUT2D eigenvalue weighted by Crippen LogP contribution is 2.23. The number of rotatable bonds is 11. The van der Waals surface area contributed by atoms with Crippen LogP contribution in [0.5, 0.6) is 0 Å². The van der Waals surface area contributed by atoms with Crippen molar-refractivity contribution in [1.82, 2.24) is 14.8 Å². The Kier molecular flexibility index (Phi) is 9.46. The van der Waals surface area contributed by atoms with Crippen molar-refractivity contribution in [3.63, 3.8) is 0 Å². The third-order valence-electron chi connectivity index (χ3n) is 5.41.